The normalized spacial score (nSPS) is 10.8. The van der Waals surface area contributed by atoms with E-state index in [9.17, 15) is 9.18 Å². The molecule has 0 fully saturated rings. The number of benzene rings is 3. The molecule has 1 N–H and O–H groups in total. The number of nitrogens with zero attached hydrogens (tertiary/aromatic N) is 3. The van der Waals surface area contributed by atoms with E-state index in [1.807, 2.05) is 19.1 Å². The van der Waals surface area contributed by atoms with Gasteiger partial charge in [-0.1, -0.05) is 35.9 Å². The Morgan fingerprint density at radius 2 is 1.82 bits per heavy atom. The molecule has 168 valence electrons. The van der Waals surface area contributed by atoms with Crippen molar-refractivity contribution in [2.24, 2.45) is 0 Å². The molecular weight excluding hydrogens is 423 g/mol. The zero-order chi connectivity index (χ0) is 23.2. The molecule has 7 nitrogen and oxygen atoms in total. The lowest BCUT2D eigenvalue weighted by Crippen LogP contribution is -2.12. The van der Waals surface area contributed by atoms with Crippen molar-refractivity contribution in [2.45, 2.75) is 6.92 Å². The van der Waals surface area contributed by atoms with Crippen molar-refractivity contribution < 1.29 is 18.7 Å². The summed E-state index contributed by atoms with van der Waals surface area (Å²) in [6.45, 7) is 2.58. The van der Waals surface area contributed by atoms with Crippen molar-refractivity contribution in [1.29, 1.82) is 0 Å². The summed E-state index contributed by atoms with van der Waals surface area (Å²) in [6.07, 6.45) is 0. The summed E-state index contributed by atoms with van der Waals surface area (Å²) < 4.78 is 26.6. The highest BCUT2D eigenvalue weighted by Gasteiger charge is 2.18. The monoisotopic (exact) mass is 446 g/mol. The minimum Gasteiger partial charge on any atom is -0.460 e. The number of ether oxygens (including phenoxy) is 2. The number of aromatic nitrogens is 3. The van der Waals surface area contributed by atoms with Crippen LogP contribution in [0.2, 0.25) is 0 Å². The van der Waals surface area contributed by atoms with E-state index in [1.165, 1.54) is 10.7 Å². The molecule has 3 aromatic carbocycles. The number of amides is 1. The zero-order valence-electron chi connectivity index (χ0n) is 18.3. The van der Waals surface area contributed by atoms with Crippen molar-refractivity contribution in [3.05, 3.63) is 89.7 Å². The topological polar surface area (TPSA) is 78.3 Å². The van der Waals surface area contributed by atoms with E-state index in [0.717, 1.165) is 5.56 Å². The minimum absolute atomic E-state index is 0.0967. The van der Waals surface area contributed by atoms with Gasteiger partial charge in [-0.2, -0.15) is 4.98 Å². The van der Waals surface area contributed by atoms with Gasteiger partial charge in [0.05, 0.1) is 17.9 Å². The highest BCUT2D eigenvalue weighted by molar-refractivity contribution is 6.04. The highest BCUT2D eigenvalue weighted by Crippen LogP contribution is 2.27. The van der Waals surface area contributed by atoms with Crippen LogP contribution in [0.15, 0.2) is 72.8 Å². The fraction of sp³-hybridized carbons (Fsp3) is 0.160. The van der Waals surface area contributed by atoms with Crippen LogP contribution in [0.3, 0.4) is 0 Å². The second-order valence-electron chi connectivity index (χ2n) is 7.32. The van der Waals surface area contributed by atoms with Crippen molar-refractivity contribution >= 4 is 11.6 Å². The molecule has 1 aromatic heterocycles. The Morgan fingerprint density at radius 1 is 1.03 bits per heavy atom. The first-order valence-electron chi connectivity index (χ1n) is 10.4. The molecule has 4 rings (SSSR count). The van der Waals surface area contributed by atoms with Gasteiger partial charge >= 0.3 is 6.01 Å². The van der Waals surface area contributed by atoms with E-state index in [-0.39, 0.29) is 29.9 Å². The third-order valence-corrected chi connectivity index (χ3v) is 4.88. The summed E-state index contributed by atoms with van der Waals surface area (Å²) in [5, 5.41) is 7.29. The molecule has 0 atom stereocenters. The average Bonchev–Trinajstić information content (AvgIpc) is 3.24. The molecule has 0 saturated carbocycles. The summed E-state index contributed by atoms with van der Waals surface area (Å²) in [4.78, 5) is 17.0. The first-order valence-corrected chi connectivity index (χ1v) is 10.4. The van der Waals surface area contributed by atoms with Crippen LogP contribution < -0.4 is 10.1 Å². The standard InChI is InChI=1S/C25H23FN4O3/c1-17-10-12-18(13-11-17)24(31)27-19-6-5-7-20(16-19)30-23(21-8-3-4-9-22(21)26)28-25(29-30)33-15-14-32-2/h3-13,16H,14-15H2,1-2H3,(H,27,31). The smallest absolute Gasteiger partial charge is 0.336 e. The molecule has 0 aliphatic heterocycles. The lowest BCUT2D eigenvalue weighted by Gasteiger charge is -2.10. The lowest BCUT2D eigenvalue weighted by molar-refractivity contribution is 0.102. The van der Waals surface area contributed by atoms with Crippen LogP contribution in [0.5, 0.6) is 6.01 Å². The molecule has 0 spiro atoms. The van der Waals surface area contributed by atoms with Gasteiger partial charge in [-0.3, -0.25) is 4.79 Å². The first-order chi connectivity index (χ1) is 16.0. The zero-order valence-corrected chi connectivity index (χ0v) is 18.3. The average molecular weight is 446 g/mol. The predicted molar refractivity (Wildman–Crippen MR) is 123 cm³/mol. The van der Waals surface area contributed by atoms with Gasteiger partial charge in [0, 0.05) is 18.4 Å². The highest BCUT2D eigenvalue weighted by atomic mass is 19.1. The summed E-state index contributed by atoms with van der Waals surface area (Å²) in [5.41, 5.74) is 3.05. The SMILES string of the molecule is COCCOc1nc(-c2ccccc2F)n(-c2cccc(NC(=O)c3ccc(C)cc3)c2)n1. The fourth-order valence-corrected chi connectivity index (χ4v) is 3.19. The molecule has 4 aromatic rings. The molecule has 0 bridgehead atoms. The Bertz CT molecular complexity index is 1250. The summed E-state index contributed by atoms with van der Waals surface area (Å²) >= 11 is 0. The van der Waals surface area contributed by atoms with E-state index in [0.29, 0.717) is 23.5 Å². The van der Waals surface area contributed by atoms with Crippen molar-refractivity contribution in [2.75, 3.05) is 25.6 Å². The van der Waals surface area contributed by atoms with Crippen molar-refractivity contribution in [3.63, 3.8) is 0 Å². The molecule has 1 heterocycles. The number of carbonyl (C=O) groups is 1. The van der Waals surface area contributed by atoms with E-state index >= 15 is 0 Å². The van der Waals surface area contributed by atoms with Gasteiger partial charge < -0.3 is 14.8 Å². The quantitative estimate of drug-likeness (QED) is 0.398. The fourth-order valence-electron chi connectivity index (χ4n) is 3.19. The third kappa shape index (κ3) is 5.24. The molecule has 8 heteroatoms. The van der Waals surface area contributed by atoms with Gasteiger partial charge in [-0.25, -0.2) is 9.07 Å². The van der Waals surface area contributed by atoms with Gasteiger partial charge in [0.1, 0.15) is 12.4 Å². The maximum Gasteiger partial charge on any atom is 0.336 e. The number of anilines is 1. The number of methoxy groups -OCH3 is 1. The van der Waals surface area contributed by atoms with Crippen LogP contribution in [0, 0.1) is 12.7 Å². The van der Waals surface area contributed by atoms with Gasteiger partial charge in [0.2, 0.25) is 0 Å². The second-order valence-corrected chi connectivity index (χ2v) is 7.32. The number of hydrogen-bond acceptors (Lipinski definition) is 5. The lowest BCUT2D eigenvalue weighted by atomic mass is 10.1. The van der Waals surface area contributed by atoms with E-state index in [4.69, 9.17) is 9.47 Å². The molecule has 33 heavy (non-hydrogen) atoms. The Kier molecular flexibility index (Phi) is 6.75. The van der Waals surface area contributed by atoms with Crippen LogP contribution in [-0.4, -0.2) is 41.0 Å². The molecule has 0 unspecified atom stereocenters. The number of aryl methyl sites for hydroxylation is 1. The number of carbonyl (C=O) groups excluding carboxylic acids is 1. The van der Waals surface area contributed by atoms with Crippen LogP contribution in [-0.2, 0) is 4.74 Å². The molecule has 1 amide bonds. The molecular formula is C25H23FN4O3. The first kappa shape index (κ1) is 22.2. The van der Waals surface area contributed by atoms with Crippen LogP contribution in [0.25, 0.3) is 17.1 Å². The van der Waals surface area contributed by atoms with Gasteiger partial charge in [-0.05, 0) is 49.4 Å². The number of rotatable bonds is 8. The van der Waals surface area contributed by atoms with Crippen LogP contribution in [0.1, 0.15) is 15.9 Å². The molecule has 0 radical (unpaired) electrons. The molecule has 0 aliphatic rings. The largest absolute Gasteiger partial charge is 0.460 e. The summed E-state index contributed by atoms with van der Waals surface area (Å²) in [5.74, 6) is -0.385. The predicted octanol–water partition coefficient (Wildman–Crippen LogP) is 4.66. The number of hydrogen-bond donors (Lipinski definition) is 1. The van der Waals surface area contributed by atoms with E-state index < -0.39 is 5.82 Å². The Balaban J connectivity index is 1.67. The van der Waals surface area contributed by atoms with E-state index in [1.54, 1.807) is 61.7 Å². The van der Waals surface area contributed by atoms with Crippen LogP contribution in [0.4, 0.5) is 10.1 Å². The van der Waals surface area contributed by atoms with Gasteiger partial charge in [-0.15, -0.1) is 5.10 Å². The Hall–Kier alpha value is -4.04. The minimum atomic E-state index is -0.432. The maximum atomic E-state index is 14.6. The summed E-state index contributed by atoms with van der Waals surface area (Å²) in [7, 11) is 1.57. The van der Waals surface area contributed by atoms with Crippen molar-refractivity contribution in [1.82, 2.24) is 14.8 Å². The third-order valence-electron chi connectivity index (χ3n) is 4.88. The van der Waals surface area contributed by atoms with Gasteiger partial charge in [0.15, 0.2) is 5.82 Å². The number of halogens is 1. The van der Waals surface area contributed by atoms with E-state index in [2.05, 4.69) is 15.4 Å². The summed E-state index contributed by atoms with van der Waals surface area (Å²) in [6, 6.07) is 20.8. The number of nitrogens with one attached hydrogen (secondary N) is 1. The van der Waals surface area contributed by atoms with Crippen molar-refractivity contribution in [3.8, 4) is 23.1 Å². The Labute approximate surface area is 190 Å². The van der Waals surface area contributed by atoms with Gasteiger partial charge in [0.25, 0.3) is 5.91 Å². The van der Waals surface area contributed by atoms with Crippen LogP contribution >= 0.6 is 0 Å². The Morgan fingerprint density at radius 3 is 2.58 bits per heavy atom. The molecule has 0 saturated heterocycles. The second kappa shape index (κ2) is 10.1. The molecule has 0 aliphatic carbocycles. The maximum absolute atomic E-state index is 14.6.